The number of carbonyl (C=O) groups is 2. The van der Waals surface area contributed by atoms with Crippen LogP contribution in [0.3, 0.4) is 0 Å². The molecular formula is C13H13ClO4. The van der Waals surface area contributed by atoms with Gasteiger partial charge in [0.05, 0.1) is 11.1 Å². The SMILES string of the molecule is C=C(COc1ccc(Cl)cc1C(=O)CC)C(=O)O. The maximum absolute atomic E-state index is 11.7. The van der Waals surface area contributed by atoms with Crippen molar-refractivity contribution in [1.82, 2.24) is 0 Å². The van der Waals surface area contributed by atoms with Crippen molar-refractivity contribution in [2.75, 3.05) is 6.61 Å². The summed E-state index contributed by atoms with van der Waals surface area (Å²) in [5.74, 6) is -0.936. The van der Waals surface area contributed by atoms with Crippen LogP contribution in [-0.2, 0) is 4.79 Å². The summed E-state index contributed by atoms with van der Waals surface area (Å²) in [6, 6.07) is 4.62. The molecule has 5 heteroatoms. The Morgan fingerprint density at radius 2 is 2.11 bits per heavy atom. The lowest BCUT2D eigenvalue weighted by atomic mass is 10.1. The topological polar surface area (TPSA) is 63.6 Å². The smallest absolute Gasteiger partial charge is 0.334 e. The number of rotatable bonds is 6. The fourth-order valence-electron chi connectivity index (χ4n) is 1.26. The van der Waals surface area contributed by atoms with Crippen LogP contribution in [-0.4, -0.2) is 23.5 Å². The number of ketones is 1. The van der Waals surface area contributed by atoms with Gasteiger partial charge in [0.2, 0.25) is 0 Å². The number of hydrogen-bond donors (Lipinski definition) is 1. The summed E-state index contributed by atoms with van der Waals surface area (Å²) < 4.78 is 5.28. The first-order valence-electron chi connectivity index (χ1n) is 5.32. The van der Waals surface area contributed by atoms with E-state index in [-0.39, 0.29) is 18.0 Å². The first-order chi connectivity index (χ1) is 8.45. The van der Waals surface area contributed by atoms with Gasteiger partial charge in [-0.15, -0.1) is 0 Å². The summed E-state index contributed by atoms with van der Waals surface area (Å²) >= 11 is 5.81. The Morgan fingerprint density at radius 3 is 2.67 bits per heavy atom. The lowest BCUT2D eigenvalue weighted by Gasteiger charge is -2.10. The van der Waals surface area contributed by atoms with Crippen LogP contribution in [0.1, 0.15) is 23.7 Å². The molecule has 0 spiro atoms. The van der Waals surface area contributed by atoms with E-state index in [1.807, 2.05) is 0 Å². The van der Waals surface area contributed by atoms with Crippen molar-refractivity contribution in [3.05, 3.63) is 40.9 Å². The Bertz CT molecular complexity index is 494. The van der Waals surface area contributed by atoms with Crippen molar-refractivity contribution in [3.63, 3.8) is 0 Å². The molecular weight excluding hydrogens is 256 g/mol. The van der Waals surface area contributed by atoms with Crippen molar-refractivity contribution in [1.29, 1.82) is 0 Å². The number of hydrogen-bond acceptors (Lipinski definition) is 3. The largest absolute Gasteiger partial charge is 0.488 e. The highest BCUT2D eigenvalue weighted by molar-refractivity contribution is 6.31. The van der Waals surface area contributed by atoms with E-state index in [4.69, 9.17) is 21.4 Å². The van der Waals surface area contributed by atoms with Gasteiger partial charge in [0.15, 0.2) is 5.78 Å². The highest BCUT2D eigenvalue weighted by Crippen LogP contribution is 2.24. The molecule has 0 amide bonds. The number of halogens is 1. The summed E-state index contributed by atoms with van der Waals surface area (Å²) in [4.78, 5) is 22.3. The van der Waals surface area contributed by atoms with E-state index in [2.05, 4.69) is 6.58 Å². The van der Waals surface area contributed by atoms with E-state index in [0.717, 1.165) is 0 Å². The Labute approximate surface area is 110 Å². The first-order valence-corrected chi connectivity index (χ1v) is 5.70. The van der Waals surface area contributed by atoms with E-state index >= 15 is 0 Å². The molecule has 0 aliphatic carbocycles. The van der Waals surface area contributed by atoms with Gasteiger partial charge in [-0.05, 0) is 18.2 Å². The molecule has 0 fully saturated rings. The van der Waals surface area contributed by atoms with Gasteiger partial charge in [-0.25, -0.2) is 4.79 Å². The second-order valence-corrected chi connectivity index (χ2v) is 4.05. The number of ether oxygens (including phenoxy) is 1. The molecule has 4 nitrogen and oxygen atoms in total. The van der Waals surface area contributed by atoms with Gasteiger partial charge in [0, 0.05) is 11.4 Å². The van der Waals surface area contributed by atoms with Gasteiger partial charge in [-0.3, -0.25) is 4.79 Å². The molecule has 1 N–H and O–H groups in total. The number of benzene rings is 1. The maximum atomic E-state index is 11.7. The van der Waals surface area contributed by atoms with Crippen molar-refractivity contribution in [2.24, 2.45) is 0 Å². The molecule has 0 atom stereocenters. The third-order valence-electron chi connectivity index (χ3n) is 2.27. The molecule has 96 valence electrons. The van der Waals surface area contributed by atoms with Crippen LogP contribution in [0, 0.1) is 0 Å². The van der Waals surface area contributed by atoms with Crippen LogP contribution in [0.15, 0.2) is 30.4 Å². The molecule has 1 rings (SSSR count). The lowest BCUT2D eigenvalue weighted by Crippen LogP contribution is -2.11. The zero-order valence-corrected chi connectivity index (χ0v) is 10.7. The third-order valence-corrected chi connectivity index (χ3v) is 2.50. The minimum Gasteiger partial charge on any atom is -0.488 e. The van der Waals surface area contributed by atoms with E-state index in [1.54, 1.807) is 19.1 Å². The zero-order valence-electron chi connectivity index (χ0n) is 9.90. The Morgan fingerprint density at radius 1 is 1.44 bits per heavy atom. The molecule has 0 aromatic heterocycles. The van der Waals surface area contributed by atoms with Gasteiger partial charge < -0.3 is 9.84 Å². The second kappa shape index (κ2) is 6.21. The molecule has 18 heavy (non-hydrogen) atoms. The number of Topliss-reactive ketones (excluding diaryl/α,β-unsaturated/α-hetero) is 1. The predicted octanol–water partition coefficient (Wildman–Crippen LogP) is 2.95. The molecule has 1 aromatic carbocycles. The monoisotopic (exact) mass is 268 g/mol. The van der Waals surface area contributed by atoms with Crippen molar-refractivity contribution in [2.45, 2.75) is 13.3 Å². The minimum atomic E-state index is -1.13. The lowest BCUT2D eigenvalue weighted by molar-refractivity contribution is -0.133. The molecule has 0 heterocycles. The molecule has 0 saturated carbocycles. The first kappa shape index (κ1) is 14.3. The van der Waals surface area contributed by atoms with E-state index < -0.39 is 5.97 Å². The summed E-state index contributed by atoms with van der Waals surface area (Å²) in [6.07, 6.45) is 0.316. The van der Waals surface area contributed by atoms with E-state index in [0.29, 0.717) is 22.8 Å². The van der Waals surface area contributed by atoms with E-state index in [9.17, 15) is 9.59 Å². The van der Waals surface area contributed by atoms with Gasteiger partial charge in [0.1, 0.15) is 12.4 Å². The number of carbonyl (C=O) groups excluding carboxylic acids is 1. The molecule has 0 saturated heterocycles. The fourth-order valence-corrected chi connectivity index (χ4v) is 1.44. The summed E-state index contributed by atoms with van der Waals surface area (Å²) in [6.45, 7) is 4.89. The Kier molecular flexibility index (Phi) is 4.92. The minimum absolute atomic E-state index is 0.0835. The van der Waals surface area contributed by atoms with Gasteiger partial charge >= 0.3 is 5.97 Å². The Hall–Kier alpha value is -1.81. The van der Waals surface area contributed by atoms with Crippen molar-refractivity contribution in [3.8, 4) is 5.75 Å². The Balaban J connectivity index is 2.91. The van der Waals surface area contributed by atoms with Crippen LogP contribution in [0.4, 0.5) is 0 Å². The second-order valence-electron chi connectivity index (χ2n) is 3.61. The number of carboxylic acids is 1. The quantitative estimate of drug-likeness (QED) is 0.636. The zero-order chi connectivity index (χ0) is 13.7. The highest BCUT2D eigenvalue weighted by atomic mass is 35.5. The van der Waals surface area contributed by atoms with Crippen LogP contribution < -0.4 is 4.74 Å². The van der Waals surface area contributed by atoms with Gasteiger partial charge in [-0.1, -0.05) is 25.1 Å². The van der Waals surface area contributed by atoms with Gasteiger partial charge in [-0.2, -0.15) is 0 Å². The van der Waals surface area contributed by atoms with Gasteiger partial charge in [0.25, 0.3) is 0 Å². The molecule has 0 radical (unpaired) electrons. The van der Waals surface area contributed by atoms with Crippen LogP contribution in [0.5, 0.6) is 5.75 Å². The fraction of sp³-hybridized carbons (Fsp3) is 0.231. The molecule has 0 aliphatic heterocycles. The standard InChI is InChI=1S/C13H13ClO4/c1-3-11(15)10-6-9(14)4-5-12(10)18-7-8(2)13(16)17/h4-6H,2-3,7H2,1H3,(H,16,17). The summed E-state index contributed by atoms with van der Waals surface area (Å²) in [5, 5.41) is 9.09. The molecule has 0 unspecified atom stereocenters. The summed E-state index contributed by atoms with van der Waals surface area (Å²) in [7, 11) is 0. The maximum Gasteiger partial charge on any atom is 0.334 e. The van der Waals surface area contributed by atoms with Crippen LogP contribution in [0.2, 0.25) is 5.02 Å². The number of aliphatic carboxylic acids is 1. The van der Waals surface area contributed by atoms with Crippen molar-refractivity contribution < 1.29 is 19.4 Å². The molecule has 0 aliphatic rings. The summed E-state index contributed by atoms with van der Waals surface area (Å²) in [5.41, 5.74) is 0.267. The van der Waals surface area contributed by atoms with Crippen LogP contribution in [0.25, 0.3) is 0 Å². The van der Waals surface area contributed by atoms with Crippen molar-refractivity contribution >= 4 is 23.4 Å². The molecule has 1 aromatic rings. The normalized spacial score (nSPS) is 9.89. The average molecular weight is 269 g/mol. The number of carboxylic acid groups (broad SMARTS) is 1. The van der Waals surface area contributed by atoms with Crippen LogP contribution >= 0.6 is 11.6 Å². The highest BCUT2D eigenvalue weighted by Gasteiger charge is 2.13. The average Bonchev–Trinajstić information content (AvgIpc) is 2.35. The molecule has 0 bridgehead atoms. The van der Waals surface area contributed by atoms with E-state index in [1.165, 1.54) is 6.07 Å². The third kappa shape index (κ3) is 3.60. The predicted molar refractivity (Wildman–Crippen MR) is 68.3 cm³/mol.